The van der Waals surface area contributed by atoms with Crippen molar-refractivity contribution in [3.05, 3.63) is 92.9 Å². The van der Waals surface area contributed by atoms with Gasteiger partial charge in [-0.2, -0.15) is 0 Å². The van der Waals surface area contributed by atoms with E-state index in [1.807, 2.05) is 28.1 Å². The Bertz CT molecular complexity index is 1260. The van der Waals surface area contributed by atoms with Gasteiger partial charge in [0.05, 0.1) is 18.5 Å². The summed E-state index contributed by atoms with van der Waals surface area (Å²) in [5.41, 5.74) is 4.62. The number of hydrogen-bond acceptors (Lipinski definition) is 4. The Morgan fingerprint density at radius 3 is 2.46 bits per heavy atom. The van der Waals surface area contributed by atoms with Crippen LogP contribution in [0.4, 0.5) is 4.39 Å². The van der Waals surface area contributed by atoms with Crippen molar-refractivity contribution >= 4 is 23.2 Å². The van der Waals surface area contributed by atoms with Gasteiger partial charge in [-0.3, -0.25) is 14.5 Å². The third-order valence-corrected chi connectivity index (χ3v) is 8.77. The Morgan fingerprint density at radius 1 is 0.946 bits per heavy atom. The Hall–Kier alpha value is -3.03. The van der Waals surface area contributed by atoms with E-state index in [1.165, 1.54) is 33.7 Å². The number of carbonyl (C=O) groups is 2. The zero-order chi connectivity index (χ0) is 25.9. The van der Waals surface area contributed by atoms with Gasteiger partial charge < -0.3 is 9.80 Å². The highest BCUT2D eigenvalue weighted by Crippen LogP contribution is 2.40. The van der Waals surface area contributed by atoms with E-state index < -0.39 is 0 Å². The number of aryl methyl sites for hydroxylation is 1. The minimum absolute atomic E-state index is 0.0228. The van der Waals surface area contributed by atoms with Gasteiger partial charge in [0.2, 0.25) is 11.8 Å². The van der Waals surface area contributed by atoms with Crippen molar-refractivity contribution < 1.29 is 14.0 Å². The number of rotatable bonds is 5. The summed E-state index contributed by atoms with van der Waals surface area (Å²) >= 11 is 1.81. The van der Waals surface area contributed by atoms with E-state index >= 15 is 0 Å². The fourth-order valence-electron chi connectivity index (χ4n) is 5.67. The van der Waals surface area contributed by atoms with Crippen molar-refractivity contribution in [2.24, 2.45) is 0 Å². The molecule has 0 saturated carbocycles. The highest BCUT2D eigenvalue weighted by atomic mass is 32.1. The minimum atomic E-state index is -0.303. The minimum Gasteiger partial charge on any atom is -0.341 e. The van der Waals surface area contributed by atoms with E-state index in [2.05, 4.69) is 47.5 Å². The van der Waals surface area contributed by atoms with Crippen LogP contribution in [0.15, 0.2) is 60.0 Å². The van der Waals surface area contributed by atoms with E-state index in [4.69, 9.17) is 0 Å². The molecule has 0 radical (unpaired) electrons. The summed E-state index contributed by atoms with van der Waals surface area (Å²) in [5, 5.41) is 2.16. The predicted molar refractivity (Wildman–Crippen MR) is 145 cm³/mol. The van der Waals surface area contributed by atoms with Gasteiger partial charge in [0.25, 0.3) is 0 Å². The normalized spacial score (nSPS) is 19.3. The van der Waals surface area contributed by atoms with Crippen LogP contribution in [0.2, 0.25) is 0 Å². The highest BCUT2D eigenvalue weighted by molar-refractivity contribution is 7.10. The van der Waals surface area contributed by atoms with Gasteiger partial charge in [0.15, 0.2) is 0 Å². The van der Waals surface area contributed by atoms with Crippen LogP contribution < -0.4 is 0 Å². The van der Waals surface area contributed by atoms with Crippen molar-refractivity contribution in [1.82, 2.24) is 14.7 Å². The second-order valence-corrected chi connectivity index (χ2v) is 11.1. The van der Waals surface area contributed by atoms with Crippen molar-refractivity contribution in [3.63, 3.8) is 0 Å². The number of halogens is 1. The molecule has 3 heterocycles. The van der Waals surface area contributed by atoms with Crippen molar-refractivity contribution in [3.8, 4) is 0 Å². The predicted octanol–water partition coefficient (Wildman–Crippen LogP) is 4.84. The number of benzene rings is 2. The lowest BCUT2D eigenvalue weighted by Crippen LogP contribution is -2.51. The van der Waals surface area contributed by atoms with Crippen LogP contribution in [-0.2, 0) is 22.4 Å². The molecule has 37 heavy (non-hydrogen) atoms. The summed E-state index contributed by atoms with van der Waals surface area (Å²) in [6.45, 7) is 7.36. The Kier molecular flexibility index (Phi) is 7.72. The topological polar surface area (TPSA) is 43.9 Å². The van der Waals surface area contributed by atoms with Crippen LogP contribution in [0.1, 0.15) is 46.5 Å². The molecule has 0 bridgehead atoms. The monoisotopic (exact) mass is 519 g/mol. The first-order valence-corrected chi connectivity index (χ1v) is 14.0. The first kappa shape index (κ1) is 25.6. The molecule has 2 unspecified atom stereocenters. The summed E-state index contributed by atoms with van der Waals surface area (Å²) in [6, 6.07) is 16.6. The SMILES string of the molecule is Cc1ccccc1C1c2ccsc2CCN1C(C)C(=O)N1CCCN(C(=O)Cc2ccc(F)cc2)CC1. The third kappa shape index (κ3) is 5.48. The molecule has 5 rings (SSSR count). The Labute approximate surface area is 222 Å². The standard InChI is InChI=1S/C30H34FN3O2S/c1-21-6-3-4-7-25(21)29-26-13-19-37-27(26)12-16-34(29)22(2)30(36)33-15-5-14-32(17-18-33)28(35)20-23-8-10-24(31)11-9-23/h3-4,6-11,13,19,22,29H,5,12,14-18,20H2,1-2H3. The van der Waals surface area contributed by atoms with Crippen molar-refractivity contribution in [2.75, 3.05) is 32.7 Å². The van der Waals surface area contributed by atoms with Gasteiger partial charge in [0.1, 0.15) is 5.82 Å². The second-order valence-electron chi connectivity index (χ2n) is 10.1. The average Bonchev–Trinajstić information content (AvgIpc) is 3.25. The first-order valence-electron chi connectivity index (χ1n) is 13.1. The number of carbonyl (C=O) groups excluding carboxylic acids is 2. The number of amides is 2. The first-order chi connectivity index (χ1) is 17.9. The maximum absolute atomic E-state index is 13.8. The summed E-state index contributed by atoms with van der Waals surface area (Å²) in [7, 11) is 0. The molecule has 1 aromatic heterocycles. The van der Waals surface area contributed by atoms with Crippen LogP contribution in [0.25, 0.3) is 0 Å². The Balaban J connectivity index is 1.28. The third-order valence-electron chi connectivity index (χ3n) is 7.77. The van der Waals surface area contributed by atoms with E-state index in [-0.39, 0.29) is 36.1 Å². The van der Waals surface area contributed by atoms with Gasteiger partial charge in [-0.1, -0.05) is 36.4 Å². The molecule has 7 heteroatoms. The molecule has 2 atom stereocenters. The highest BCUT2D eigenvalue weighted by Gasteiger charge is 2.37. The molecule has 1 fully saturated rings. The second kappa shape index (κ2) is 11.2. The maximum atomic E-state index is 13.8. The van der Waals surface area contributed by atoms with Crippen molar-refractivity contribution in [2.45, 2.75) is 45.2 Å². The molecule has 0 N–H and O–H groups in total. The number of hydrogen-bond donors (Lipinski definition) is 0. The summed E-state index contributed by atoms with van der Waals surface area (Å²) < 4.78 is 13.2. The van der Waals surface area contributed by atoms with Crippen LogP contribution in [0.3, 0.4) is 0 Å². The van der Waals surface area contributed by atoms with Crippen LogP contribution in [0, 0.1) is 12.7 Å². The zero-order valence-corrected chi connectivity index (χ0v) is 22.3. The zero-order valence-electron chi connectivity index (χ0n) is 21.5. The summed E-state index contributed by atoms with van der Waals surface area (Å²) in [4.78, 5) is 34.3. The van der Waals surface area contributed by atoms with Gasteiger partial charge in [-0.25, -0.2) is 4.39 Å². The lowest BCUT2D eigenvalue weighted by molar-refractivity contribution is -0.138. The van der Waals surface area contributed by atoms with Gasteiger partial charge in [0, 0.05) is 37.6 Å². The molecule has 2 amide bonds. The van der Waals surface area contributed by atoms with Crippen LogP contribution in [0.5, 0.6) is 0 Å². The quantitative estimate of drug-likeness (QED) is 0.485. The molecule has 1 saturated heterocycles. The molecule has 2 aromatic carbocycles. The molecular weight excluding hydrogens is 485 g/mol. The van der Waals surface area contributed by atoms with E-state index in [1.54, 1.807) is 12.1 Å². The molecule has 3 aromatic rings. The molecular formula is C30H34FN3O2S. The molecule has 194 valence electrons. The summed E-state index contributed by atoms with van der Waals surface area (Å²) in [6.07, 6.45) is 1.96. The molecule has 5 nitrogen and oxygen atoms in total. The van der Waals surface area contributed by atoms with E-state index in [9.17, 15) is 14.0 Å². The van der Waals surface area contributed by atoms with E-state index in [0.717, 1.165) is 24.9 Å². The Morgan fingerprint density at radius 2 is 1.68 bits per heavy atom. The smallest absolute Gasteiger partial charge is 0.239 e. The lowest BCUT2D eigenvalue weighted by atomic mass is 9.89. The maximum Gasteiger partial charge on any atom is 0.239 e. The summed E-state index contributed by atoms with van der Waals surface area (Å²) in [5.74, 6) is -0.150. The van der Waals surface area contributed by atoms with Gasteiger partial charge >= 0.3 is 0 Å². The molecule has 2 aliphatic heterocycles. The lowest BCUT2D eigenvalue weighted by Gasteiger charge is -2.41. The van der Waals surface area contributed by atoms with Crippen LogP contribution in [-0.4, -0.2) is 65.3 Å². The molecule has 2 aliphatic rings. The van der Waals surface area contributed by atoms with Gasteiger partial charge in [-0.05, 0) is 72.5 Å². The van der Waals surface area contributed by atoms with E-state index in [0.29, 0.717) is 26.2 Å². The fourth-order valence-corrected chi connectivity index (χ4v) is 6.58. The molecule has 0 aliphatic carbocycles. The fraction of sp³-hybridized carbons (Fsp3) is 0.400. The largest absolute Gasteiger partial charge is 0.341 e. The van der Waals surface area contributed by atoms with Gasteiger partial charge in [-0.15, -0.1) is 11.3 Å². The van der Waals surface area contributed by atoms with Crippen LogP contribution >= 0.6 is 11.3 Å². The number of fused-ring (bicyclic) bond motifs is 1. The number of nitrogens with zero attached hydrogens (tertiary/aromatic N) is 3. The average molecular weight is 520 g/mol. The number of thiophene rings is 1. The van der Waals surface area contributed by atoms with Crippen molar-refractivity contribution in [1.29, 1.82) is 0 Å². The molecule has 0 spiro atoms.